The number of aromatic hydroxyl groups is 3. The van der Waals surface area contributed by atoms with Crippen molar-refractivity contribution in [3.05, 3.63) is 35.4 Å². The van der Waals surface area contributed by atoms with Gasteiger partial charge in [-0.2, -0.15) is 5.10 Å². The Hall–Kier alpha value is -3.62. The van der Waals surface area contributed by atoms with Crippen molar-refractivity contribution >= 4 is 12.1 Å². The average Bonchev–Trinajstić information content (AvgIpc) is 2.64. The molecule has 0 bridgehead atoms. The molecule has 26 heavy (non-hydrogen) atoms. The van der Waals surface area contributed by atoms with Crippen LogP contribution in [0.15, 0.2) is 29.4 Å². The van der Waals surface area contributed by atoms with E-state index in [1.54, 1.807) is 12.1 Å². The Morgan fingerprint density at radius 3 is 2.15 bits per heavy atom. The molecule has 0 unspecified atom stereocenters. The zero-order valence-electron chi connectivity index (χ0n) is 14.3. The second kappa shape index (κ2) is 7.97. The van der Waals surface area contributed by atoms with Crippen LogP contribution in [0.1, 0.15) is 15.9 Å². The third-order valence-corrected chi connectivity index (χ3v) is 3.44. The molecule has 1 amide bonds. The molecule has 0 radical (unpaired) electrons. The van der Waals surface area contributed by atoms with Crippen LogP contribution in [-0.2, 0) is 0 Å². The van der Waals surface area contributed by atoms with Gasteiger partial charge >= 0.3 is 0 Å². The number of benzene rings is 2. The fraction of sp³-hybridized carbons (Fsp3) is 0.176. The number of phenols is 3. The largest absolute Gasteiger partial charge is 0.504 e. The summed E-state index contributed by atoms with van der Waals surface area (Å²) in [4.78, 5) is 12.0. The number of hydrogen-bond donors (Lipinski definition) is 4. The number of phenolic OH excluding ortho intramolecular Hbond substituents is 3. The third-order valence-electron chi connectivity index (χ3n) is 3.44. The van der Waals surface area contributed by atoms with E-state index in [0.29, 0.717) is 22.8 Å². The van der Waals surface area contributed by atoms with Crippen LogP contribution >= 0.6 is 0 Å². The van der Waals surface area contributed by atoms with E-state index in [-0.39, 0.29) is 5.56 Å². The highest BCUT2D eigenvalue weighted by Gasteiger charge is 2.15. The summed E-state index contributed by atoms with van der Waals surface area (Å²) in [6, 6.07) is 5.31. The Kier molecular flexibility index (Phi) is 5.74. The Balaban J connectivity index is 2.22. The molecule has 2 aromatic rings. The van der Waals surface area contributed by atoms with Gasteiger partial charge in [0.2, 0.25) is 5.75 Å². The Bertz CT molecular complexity index is 826. The second-order valence-electron chi connectivity index (χ2n) is 4.99. The molecular weight excluding hydrogens is 344 g/mol. The predicted molar refractivity (Wildman–Crippen MR) is 92.6 cm³/mol. The van der Waals surface area contributed by atoms with Gasteiger partial charge in [0, 0.05) is 11.1 Å². The number of nitrogens with zero attached hydrogens (tertiary/aromatic N) is 1. The van der Waals surface area contributed by atoms with Gasteiger partial charge in [-0.15, -0.1) is 0 Å². The molecule has 0 aliphatic rings. The number of rotatable bonds is 6. The monoisotopic (exact) mass is 362 g/mol. The topological polar surface area (TPSA) is 130 Å². The smallest absolute Gasteiger partial charge is 0.271 e. The molecule has 0 saturated carbocycles. The molecule has 9 heteroatoms. The van der Waals surface area contributed by atoms with E-state index in [1.807, 2.05) is 0 Å². The van der Waals surface area contributed by atoms with Gasteiger partial charge < -0.3 is 29.5 Å². The minimum Gasteiger partial charge on any atom is -0.504 e. The van der Waals surface area contributed by atoms with Gasteiger partial charge in [-0.3, -0.25) is 4.79 Å². The first kappa shape index (κ1) is 18.7. The molecule has 0 saturated heterocycles. The highest BCUT2D eigenvalue weighted by molar-refractivity contribution is 5.96. The summed E-state index contributed by atoms with van der Waals surface area (Å²) in [7, 11) is 4.41. The summed E-state index contributed by atoms with van der Waals surface area (Å²) in [5, 5.41) is 32.0. The number of methoxy groups -OCH3 is 3. The molecule has 0 aromatic heterocycles. The molecule has 138 valence electrons. The maximum atomic E-state index is 12.0. The van der Waals surface area contributed by atoms with Gasteiger partial charge in [0.1, 0.15) is 0 Å². The summed E-state index contributed by atoms with van der Waals surface area (Å²) < 4.78 is 15.7. The second-order valence-corrected chi connectivity index (χ2v) is 4.99. The van der Waals surface area contributed by atoms with E-state index in [9.17, 15) is 20.1 Å². The van der Waals surface area contributed by atoms with Crippen LogP contribution in [-0.4, -0.2) is 48.8 Å². The normalized spacial score (nSPS) is 10.6. The average molecular weight is 362 g/mol. The molecule has 2 aromatic carbocycles. The van der Waals surface area contributed by atoms with Crippen molar-refractivity contribution in [2.24, 2.45) is 5.10 Å². The van der Waals surface area contributed by atoms with Crippen LogP contribution in [0.2, 0.25) is 0 Å². The molecule has 0 heterocycles. The van der Waals surface area contributed by atoms with E-state index in [2.05, 4.69) is 10.5 Å². The zero-order valence-corrected chi connectivity index (χ0v) is 14.3. The Labute approximate surface area is 149 Å². The number of carbonyl (C=O) groups is 1. The van der Waals surface area contributed by atoms with Gasteiger partial charge in [-0.05, 0) is 24.3 Å². The van der Waals surface area contributed by atoms with Crippen molar-refractivity contribution in [2.45, 2.75) is 0 Å². The molecular formula is C17H18N2O7. The van der Waals surface area contributed by atoms with Crippen LogP contribution < -0.4 is 19.6 Å². The number of ether oxygens (including phenoxy) is 3. The van der Waals surface area contributed by atoms with Crippen LogP contribution in [0.25, 0.3) is 0 Å². The molecule has 2 rings (SSSR count). The predicted octanol–water partition coefficient (Wildman–Crippen LogP) is 1.59. The fourth-order valence-electron chi connectivity index (χ4n) is 2.19. The van der Waals surface area contributed by atoms with E-state index in [1.165, 1.54) is 27.5 Å². The minimum atomic E-state index is -0.708. The number of hydrogen-bond acceptors (Lipinski definition) is 8. The molecule has 0 fully saturated rings. The van der Waals surface area contributed by atoms with Crippen LogP contribution in [0.5, 0.6) is 34.5 Å². The minimum absolute atomic E-state index is 0.0887. The quantitative estimate of drug-likeness (QED) is 0.349. The standard InChI is InChI=1S/C17H18N2O7/c1-24-13-5-4-9(15(25-2)16(13)26-3)8-18-19-17(23)10-6-11(20)14(22)12(21)7-10/h4-8,20-22H,1-3H3,(H,19,23)/b18-8+. The molecule has 0 spiro atoms. The van der Waals surface area contributed by atoms with E-state index >= 15 is 0 Å². The first-order chi connectivity index (χ1) is 12.4. The highest BCUT2D eigenvalue weighted by Crippen LogP contribution is 2.39. The van der Waals surface area contributed by atoms with Crippen molar-refractivity contribution in [3.8, 4) is 34.5 Å². The number of amides is 1. The summed E-state index contributed by atoms with van der Waals surface area (Å²) in [6.45, 7) is 0. The first-order valence-electron chi connectivity index (χ1n) is 7.30. The lowest BCUT2D eigenvalue weighted by Crippen LogP contribution is -2.17. The maximum Gasteiger partial charge on any atom is 0.271 e. The van der Waals surface area contributed by atoms with Gasteiger partial charge in [-0.1, -0.05) is 0 Å². The Morgan fingerprint density at radius 2 is 1.62 bits per heavy atom. The SMILES string of the molecule is COc1ccc(/C=N/NC(=O)c2cc(O)c(O)c(O)c2)c(OC)c1OC. The van der Waals surface area contributed by atoms with Crippen molar-refractivity contribution in [1.29, 1.82) is 0 Å². The zero-order chi connectivity index (χ0) is 19.3. The maximum absolute atomic E-state index is 12.0. The van der Waals surface area contributed by atoms with Gasteiger partial charge in [0.15, 0.2) is 28.7 Å². The molecule has 9 nitrogen and oxygen atoms in total. The van der Waals surface area contributed by atoms with Gasteiger partial charge in [0.05, 0.1) is 27.5 Å². The van der Waals surface area contributed by atoms with Gasteiger partial charge in [0.25, 0.3) is 5.91 Å². The lowest BCUT2D eigenvalue weighted by atomic mass is 10.1. The fourth-order valence-corrected chi connectivity index (χ4v) is 2.19. The number of hydrazone groups is 1. The van der Waals surface area contributed by atoms with E-state index < -0.39 is 23.2 Å². The summed E-state index contributed by atoms with van der Waals surface area (Å²) in [5.74, 6) is -1.45. The Morgan fingerprint density at radius 1 is 1.00 bits per heavy atom. The van der Waals surface area contributed by atoms with Gasteiger partial charge in [-0.25, -0.2) is 5.43 Å². The van der Waals surface area contributed by atoms with E-state index in [0.717, 1.165) is 12.1 Å². The third kappa shape index (κ3) is 3.72. The molecule has 0 aliphatic carbocycles. The number of nitrogens with one attached hydrogen (secondary N) is 1. The van der Waals surface area contributed by atoms with Crippen molar-refractivity contribution in [1.82, 2.24) is 5.43 Å². The lowest BCUT2D eigenvalue weighted by molar-refractivity contribution is 0.0954. The van der Waals surface area contributed by atoms with E-state index in [4.69, 9.17) is 14.2 Å². The van der Waals surface area contributed by atoms with Crippen molar-refractivity contribution in [2.75, 3.05) is 21.3 Å². The summed E-state index contributed by atoms with van der Waals surface area (Å²) in [5.41, 5.74) is 2.66. The lowest BCUT2D eigenvalue weighted by Gasteiger charge is -2.13. The highest BCUT2D eigenvalue weighted by atomic mass is 16.5. The van der Waals surface area contributed by atoms with Crippen LogP contribution in [0.3, 0.4) is 0 Å². The molecule has 0 aliphatic heterocycles. The summed E-state index contributed by atoms with van der Waals surface area (Å²) >= 11 is 0. The first-order valence-corrected chi connectivity index (χ1v) is 7.30. The number of carbonyl (C=O) groups excluding carboxylic acids is 1. The summed E-state index contributed by atoms with van der Waals surface area (Å²) in [6.07, 6.45) is 1.33. The van der Waals surface area contributed by atoms with Crippen molar-refractivity contribution < 1.29 is 34.3 Å². The molecule has 4 N–H and O–H groups in total. The van der Waals surface area contributed by atoms with Crippen LogP contribution in [0.4, 0.5) is 0 Å². The molecule has 0 atom stereocenters. The van der Waals surface area contributed by atoms with Crippen LogP contribution in [0, 0.1) is 0 Å². The van der Waals surface area contributed by atoms with Crippen molar-refractivity contribution in [3.63, 3.8) is 0 Å².